The lowest BCUT2D eigenvalue weighted by molar-refractivity contribution is -0.138. The highest BCUT2D eigenvalue weighted by Gasteiger charge is 2.34. The third-order valence-electron chi connectivity index (χ3n) is 2.72. The van der Waals surface area contributed by atoms with Gasteiger partial charge in [0.15, 0.2) is 6.10 Å². The standard InChI is InChI=1S/C16H12F3O3/c1-11(10-20)21-12-6-8-13(9-7-12)22-15-5-3-2-4-14(15)16(17,18)19/h2-9,11H,1H3. The molecule has 1 radical (unpaired) electrons. The molecule has 0 bridgehead atoms. The molecule has 1 atom stereocenters. The number of halogens is 3. The minimum absolute atomic E-state index is 0.229. The minimum atomic E-state index is -4.49. The van der Waals surface area contributed by atoms with Crippen molar-refractivity contribution in [2.45, 2.75) is 19.2 Å². The second-order valence-electron chi connectivity index (χ2n) is 4.45. The Labute approximate surface area is 125 Å². The van der Waals surface area contributed by atoms with Gasteiger partial charge in [-0.3, -0.25) is 4.79 Å². The van der Waals surface area contributed by atoms with Crippen molar-refractivity contribution in [1.82, 2.24) is 0 Å². The summed E-state index contributed by atoms with van der Waals surface area (Å²) in [6.45, 7) is 1.52. The number of hydrogen-bond acceptors (Lipinski definition) is 3. The van der Waals surface area contributed by atoms with Crippen LogP contribution < -0.4 is 9.47 Å². The third kappa shape index (κ3) is 4.00. The number of benzene rings is 2. The molecule has 0 N–H and O–H groups in total. The SMILES string of the molecule is CC([C]=O)Oc1ccc(Oc2ccccc2C(F)(F)F)cc1. The van der Waals surface area contributed by atoms with Crippen LogP contribution >= 0.6 is 0 Å². The fourth-order valence-electron chi connectivity index (χ4n) is 1.73. The molecular weight excluding hydrogens is 297 g/mol. The van der Waals surface area contributed by atoms with Gasteiger partial charge in [-0.1, -0.05) is 12.1 Å². The summed E-state index contributed by atoms with van der Waals surface area (Å²) in [4.78, 5) is 10.4. The topological polar surface area (TPSA) is 35.5 Å². The van der Waals surface area contributed by atoms with Crippen molar-refractivity contribution in [2.75, 3.05) is 0 Å². The van der Waals surface area contributed by atoms with Gasteiger partial charge in [0.05, 0.1) is 5.56 Å². The van der Waals surface area contributed by atoms with Gasteiger partial charge < -0.3 is 9.47 Å². The number of alkyl halides is 3. The summed E-state index contributed by atoms with van der Waals surface area (Å²) in [6.07, 6.45) is -3.55. The van der Waals surface area contributed by atoms with Crippen LogP contribution in [0.15, 0.2) is 48.5 Å². The highest BCUT2D eigenvalue weighted by Crippen LogP contribution is 2.38. The molecule has 22 heavy (non-hydrogen) atoms. The summed E-state index contributed by atoms with van der Waals surface area (Å²) in [6, 6.07) is 10.9. The van der Waals surface area contributed by atoms with Crippen LogP contribution in [0.3, 0.4) is 0 Å². The van der Waals surface area contributed by atoms with Gasteiger partial charge in [0.25, 0.3) is 0 Å². The Bertz CT molecular complexity index is 636. The Hall–Kier alpha value is -2.50. The van der Waals surface area contributed by atoms with Crippen LogP contribution in [0.2, 0.25) is 0 Å². The van der Waals surface area contributed by atoms with E-state index in [2.05, 4.69) is 0 Å². The van der Waals surface area contributed by atoms with Crippen LogP contribution in [0.4, 0.5) is 13.2 Å². The Balaban J connectivity index is 2.17. The number of hydrogen-bond donors (Lipinski definition) is 0. The molecule has 0 aliphatic heterocycles. The van der Waals surface area contributed by atoms with Crippen molar-refractivity contribution in [3.8, 4) is 17.2 Å². The van der Waals surface area contributed by atoms with Gasteiger partial charge in [0.1, 0.15) is 17.2 Å². The Kier molecular flexibility index (Phi) is 4.70. The quantitative estimate of drug-likeness (QED) is 0.822. The summed E-state index contributed by atoms with van der Waals surface area (Å²) in [5.74, 6) is 0.345. The first-order chi connectivity index (χ1) is 10.4. The molecule has 0 saturated carbocycles. The van der Waals surface area contributed by atoms with Gasteiger partial charge >= 0.3 is 6.18 Å². The van der Waals surface area contributed by atoms with E-state index in [0.717, 1.165) is 6.07 Å². The van der Waals surface area contributed by atoms with E-state index in [4.69, 9.17) is 9.47 Å². The average molecular weight is 309 g/mol. The maximum absolute atomic E-state index is 12.9. The second kappa shape index (κ2) is 6.51. The molecule has 0 heterocycles. The van der Waals surface area contributed by atoms with Crippen LogP contribution in [-0.4, -0.2) is 12.4 Å². The molecule has 0 fully saturated rings. The molecule has 2 aromatic rings. The lowest BCUT2D eigenvalue weighted by Crippen LogP contribution is -2.12. The normalized spacial score (nSPS) is 12.5. The fourth-order valence-corrected chi connectivity index (χ4v) is 1.73. The average Bonchev–Trinajstić information content (AvgIpc) is 2.48. The summed E-state index contributed by atoms with van der Waals surface area (Å²) in [5, 5.41) is 0. The minimum Gasteiger partial charge on any atom is -0.482 e. The molecule has 115 valence electrons. The van der Waals surface area contributed by atoms with Crippen molar-refractivity contribution in [2.24, 2.45) is 0 Å². The van der Waals surface area contributed by atoms with E-state index in [1.165, 1.54) is 49.4 Å². The van der Waals surface area contributed by atoms with E-state index in [9.17, 15) is 18.0 Å². The van der Waals surface area contributed by atoms with Crippen molar-refractivity contribution in [3.05, 3.63) is 54.1 Å². The Morgan fingerprint density at radius 1 is 1.00 bits per heavy atom. The molecular formula is C16H12F3O3. The van der Waals surface area contributed by atoms with Gasteiger partial charge in [-0.2, -0.15) is 13.2 Å². The van der Waals surface area contributed by atoms with E-state index in [1.807, 2.05) is 0 Å². The lowest BCUT2D eigenvalue weighted by Gasteiger charge is -2.14. The summed E-state index contributed by atoms with van der Waals surface area (Å²) in [5.41, 5.74) is -0.848. The summed E-state index contributed by atoms with van der Waals surface area (Å²) in [7, 11) is 0. The Morgan fingerprint density at radius 2 is 1.59 bits per heavy atom. The first-order valence-corrected chi connectivity index (χ1v) is 6.38. The van der Waals surface area contributed by atoms with Crippen LogP contribution in [0.5, 0.6) is 17.2 Å². The van der Waals surface area contributed by atoms with Gasteiger partial charge in [0.2, 0.25) is 6.29 Å². The Morgan fingerprint density at radius 3 is 2.18 bits per heavy atom. The van der Waals surface area contributed by atoms with Crippen LogP contribution in [0.1, 0.15) is 12.5 Å². The monoisotopic (exact) mass is 309 g/mol. The highest BCUT2D eigenvalue weighted by molar-refractivity contribution is 5.57. The van der Waals surface area contributed by atoms with E-state index in [0.29, 0.717) is 5.75 Å². The van der Waals surface area contributed by atoms with E-state index in [-0.39, 0.29) is 11.5 Å². The number of para-hydroxylation sites is 1. The van der Waals surface area contributed by atoms with E-state index >= 15 is 0 Å². The second-order valence-corrected chi connectivity index (χ2v) is 4.45. The number of ether oxygens (including phenoxy) is 2. The molecule has 0 spiro atoms. The molecule has 6 heteroatoms. The van der Waals surface area contributed by atoms with Crippen molar-refractivity contribution < 1.29 is 27.4 Å². The zero-order valence-corrected chi connectivity index (χ0v) is 11.6. The summed E-state index contributed by atoms with van der Waals surface area (Å²) >= 11 is 0. The smallest absolute Gasteiger partial charge is 0.419 e. The first-order valence-electron chi connectivity index (χ1n) is 6.38. The maximum Gasteiger partial charge on any atom is 0.419 e. The predicted octanol–water partition coefficient (Wildman–Crippen LogP) is 4.37. The van der Waals surface area contributed by atoms with Crippen LogP contribution in [0.25, 0.3) is 0 Å². The fraction of sp³-hybridized carbons (Fsp3) is 0.188. The molecule has 1 unspecified atom stereocenters. The van der Waals surface area contributed by atoms with Crippen LogP contribution in [0, 0.1) is 0 Å². The third-order valence-corrected chi connectivity index (χ3v) is 2.72. The van der Waals surface area contributed by atoms with E-state index < -0.39 is 17.8 Å². The van der Waals surface area contributed by atoms with E-state index in [1.54, 1.807) is 6.29 Å². The molecule has 0 saturated heterocycles. The highest BCUT2D eigenvalue weighted by atomic mass is 19.4. The van der Waals surface area contributed by atoms with Crippen LogP contribution in [-0.2, 0) is 11.0 Å². The molecule has 0 amide bonds. The molecule has 3 nitrogen and oxygen atoms in total. The van der Waals surface area contributed by atoms with Gasteiger partial charge in [-0.25, -0.2) is 0 Å². The molecule has 0 aliphatic rings. The molecule has 0 aromatic heterocycles. The number of carbonyl (C=O) groups excluding carboxylic acids is 1. The van der Waals surface area contributed by atoms with Crippen molar-refractivity contribution >= 4 is 6.29 Å². The molecule has 2 rings (SSSR count). The lowest BCUT2D eigenvalue weighted by atomic mass is 10.2. The first kappa shape index (κ1) is 15.9. The maximum atomic E-state index is 12.9. The zero-order valence-electron chi connectivity index (χ0n) is 11.6. The van der Waals surface area contributed by atoms with Crippen molar-refractivity contribution in [3.63, 3.8) is 0 Å². The van der Waals surface area contributed by atoms with Gasteiger partial charge in [0, 0.05) is 0 Å². The largest absolute Gasteiger partial charge is 0.482 e. The summed E-state index contributed by atoms with van der Waals surface area (Å²) < 4.78 is 49.0. The van der Waals surface area contributed by atoms with Crippen molar-refractivity contribution in [1.29, 1.82) is 0 Å². The van der Waals surface area contributed by atoms with Gasteiger partial charge in [-0.15, -0.1) is 0 Å². The molecule has 0 aliphatic carbocycles. The zero-order chi connectivity index (χ0) is 16.2. The molecule has 2 aromatic carbocycles. The number of rotatable bonds is 5. The van der Waals surface area contributed by atoms with Gasteiger partial charge in [-0.05, 0) is 43.3 Å². The predicted molar refractivity (Wildman–Crippen MR) is 73.7 cm³/mol.